The molecule has 1 aromatic heterocycles. The van der Waals surface area contributed by atoms with Gasteiger partial charge in [-0.1, -0.05) is 0 Å². The number of hydrogen-bond donors (Lipinski definition) is 1. The topological polar surface area (TPSA) is 47.0 Å². The van der Waals surface area contributed by atoms with Gasteiger partial charge in [0.15, 0.2) is 0 Å². The Balaban J connectivity index is 1.72. The van der Waals surface area contributed by atoms with E-state index in [9.17, 15) is 0 Å². The fourth-order valence-electron chi connectivity index (χ4n) is 1.46. The van der Waals surface area contributed by atoms with Gasteiger partial charge in [-0.2, -0.15) is 9.36 Å². The van der Waals surface area contributed by atoms with Gasteiger partial charge in [0, 0.05) is 11.5 Å². The van der Waals surface area contributed by atoms with E-state index in [-0.39, 0.29) is 0 Å². The van der Waals surface area contributed by atoms with Crippen molar-refractivity contribution in [3.63, 3.8) is 0 Å². The van der Waals surface area contributed by atoms with Crippen LogP contribution in [0.1, 0.15) is 12.8 Å². The summed E-state index contributed by atoms with van der Waals surface area (Å²) in [6.45, 7) is 3.02. The number of ether oxygens (including phenoxy) is 1. The lowest BCUT2D eigenvalue weighted by atomic mass is 9.99. The molecule has 13 heavy (non-hydrogen) atoms. The molecule has 4 nitrogen and oxygen atoms in total. The highest BCUT2D eigenvalue weighted by Gasteiger charge is 2.13. The van der Waals surface area contributed by atoms with Gasteiger partial charge in [0.25, 0.3) is 5.19 Å². The number of aromatic nitrogens is 2. The zero-order chi connectivity index (χ0) is 8.93. The molecule has 0 atom stereocenters. The van der Waals surface area contributed by atoms with Gasteiger partial charge in [-0.3, -0.25) is 0 Å². The van der Waals surface area contributed by atoms with E-state index in [0.29, 0.717) is 11.1 Å². The standard InChI is InChI=1S/C8H13N3OS/c1-3-9-4-2-7(1)5-12-8-10-6-11-13-8/h6-7,9H,1-5H2. The Morgan fingerprint density at radius 2 is 2.38 bits per heavy atom. The van der Waals surface area contributed by atoms with Crippen LogP contribution in [0.15, 0.2) is 6.33 Å². The van der Waals surface area contributed by atoms with E-state index >= 15 is 0 Å². The molecule has 2 heterocycles. The number of nitrogens with one attached hydrogen (secondary N) is 1. The molecule has 1 aromatic rings. The summed E-state index contributed by atoms with van der Waals surface area (Å²) in [5.41, 5.74) is 0. The molecule has 5 heteroatoms. The van der Waals surface area contributed by atoms with Gasteiger partial charge in [-0.25, -0.2) is 0 Å². The van der Waals surface area contributed by atoms with E-state index < -0.39 is 0 Å². The van der Waals surface area contributed by atoms with Crippen molar-refractivity contribution in [1.29, 1.82) is 0 Å². The van der Waals surface area contributed by atoms with Gasteiger partial charge in [-0.05, 0) is 31.8 Å². The maximum Gasteiger partial charge on any atom is 0.292 e. The Labute approximate surface area is 81.5 Å². The fraction of sp³-hybridized carbons (Fsp3) is 0.750. The summed E-state index contributed by atoms with van der Waals surface area (Å²) in [4.78, 5) is 3.97. The molecule has 0 bridgehead atoms. The highest BCUT2D eigenvalue weighted by molar-refractivity contribution is 7.07. The van der Waals surface area contributed by atoms with Crippen molar-refractivity contribution in [3.05, 3.63) is 6.33 Å². The summed E-state index contributed by atoms with van der Waals surface area (Å²) in [5, 5.41) is 4.02. The minimum atomic E-state index is 0.685. The quantitative estimate of drug-likeness (QED) is 0.786. The van der Waals surface area contributed by atoms with Crippen molar-refractivity contribution in [2.75, 3.05) is 19.7 Å². The van der Waals surface area contributed by atoms with Crippen molar-refractivity contribution in [2.45, 2.75) is 12.8 Å². The van der Waals surface area contributed by atoms with E-state index in [1.165, 1.54) is 30.7 Å². The number of nitrogens with zero attached hydrogens (tertiary/aromatic N) is 2. The summed E-state index contributed by atoms with van der Waals surface area (Å²) in [5.74, 6) is 0.685. The van der Waals surface area contributed by atoms with Gasteiger partial charge in [0.05, 0.1) is 6.61 Å². The first-order valence-corrected chi connectivity index (χ1v) is 5.32. The Morgan fingerprint density at radius 1 is 1.54 bits per heavy atom. The Kier molecular flexibility index (Phi) is 3.10. The van der Waals surface area contributed by atoms with Crippen molar-refractivity contribution in [1.82, 2.24) is 14.7 Å². The molecule has 0 amide bonds. The second kappa shape index (κ2) is 4.53. The van der Waals surface area contributed by atoms with Crippen LogP contribution in [0.2, 0.25) is 0 Å². The molecule has 72 valence electrons. The largest absolute Gasteiger partial charge is 0.469 e. The predicted molar refractivity (Wildman–Crippen MR) is 51.0 cm³/mol. The second-order valence-corrected chi connectivity index (χ2v) is 3.95. The van der Waals surface area contributed by atoms with Crippen LogP contribution in [0, 0.1) is 5.92 Å². The SMILES string of the molecule is c1nsc(OCC2CCNCC2)n1. The van der Waals surface area contributed by atoms with Crippen LogP contribution in [0.3, 0.4) is 0 Å². The summed E-state index contributed by atoms with van der Waals surface area (Å²) in [7, 11) is 0. The van der Waals surface area contributed by atoms with Crippen LogP contribution in [0.5, 0.6) is 5.19 Å². The van der Waals surface area contributed by atoms with Crippen molar-refractivity contribution < 1.29 is 4.74 Å². The smallest absolute Gasteiger partial charge is 0.292 e. The summed E-state index contributed by atoms with van der Waals surface area (Å²) in [6.07, 6.45) is 3.94. The maximum absolute atomic E-state index is 5.50. The van der Waals surface area contributed by atoms with Gasteiger partial charge < -0.3 is 10.1 Å². The highest BCUT2D eigenvalue weighted by atomic mass is 32.1. The highest BCUT2D eigenvalue weighted by Crippen LogP contribution is 2.16. The van der Waals surface area contributed by atoms with Crippen molar-refractivity contribution >= 4 is 11.5 Å². The summed E-state index contributed by atoms with van der Waals surface area (Å²) < 4.78 is 9.38. The zero-order valence-electron chi connectivity index (χ0n) is 7.40. The number of piperidine rings is 1. The molecule has 0 radical (unpaired) electrons. The molecule has 0 unspecified atom stereocenters. The lowest BCUT2D eigenvalue weighted by molar-refractivity contribution is 0.214. The van der Waals surface area contributed by atoms with Crippen LogP contribution in [-0.4, -0.2) is 29.1 Å². The molecule has 1 N–H and O–H groups in total. The lowest BCUT2D eigenvalue weighted by Crippen LogP contribution is -2.30. The summed E-state index contributed by atoms with van der Waals surface area (Å²) >= 11 is 1.31. The Bertz CT molecular complexity index is 234. The fourth-order valence-corrected chi connectivity index (χ4v) is 1.86. The van der Waals surface area contributed by atoms with Crippen LogP contribution in [0.25, 0.3) is 0 Å². The average molecular weight is 199 g/mol. The van der Waals surface area contributed by atoms with Crippen LogP contribution < -0.4 is 10.1 Å². The van der Waals surface area contributed by atoms with E-state index in [0.717, 1.165) is 19.7 Å². The third kappa shape index (κ3) is 2.63. The van der Waals surface area contributed by atoms with Gasteiger partial charge in [-0.15, -0.1) is 0 Å². The zero-order valence-corrected chi connectivity index (χ0v) is 8.22. The Hall–Kier alpha value is -0.680. The van der Waals surface area contributed by atoms with Crippen molar-refractivity contribution in [3.8, 4) is 5.19 Å². The maximum atomic E-state index is 5.50. The van der Waals surface area contributed by atoms with Crippen LogP contribution in [-0.2, 0) is 0 Å². The molecule has 0 spiro atoms. The average Bonchev–Trinajstić information content (AvgIpc) is 2.69. The number of hydrogen-bond acceptors (Lipinski definition) is 5. The van der Waals surface area contributed by atoms with E-state index in [1.54, 1.807) is 0 Å². The van der Waals surface area contributed by atoms with Gasteiger partial charge in [0.2, 0.25) is 0 Å². The molecular weight excluding hydrogens is 186 g/mol. The molecule has 1 fully saturated rings. The molecule has 1 aliphatic rings. The first kappa shape index (κ1) is 8.90. The van der Waals surface area contributed by atoms with Crippen molar-refractivity contribution in [2.24, 2.45) is 5.92 Å². The van der Waals surface area contributed by atoms with E-state index in [1.807, 2.05) is 0 Å². The van der Waals surface area contributed by atoms with Crippen LogP contribution in [0.4, 0.5) is 0 Å². The predicted octanol–water partition coefficient (Wildman–Crippen LogP) is 0.916. The first-order valence-electron chi connectivity index (χ1n) is 4.55. The molecule has 0 aliphatic carbocycles. The van der Waals surface area contributed by atoms with Gasteiger partial charge >= 0.3 is 0 Å². The molecular formula is C8H13N3OS. The first-order chi connectivity index (χ1) is 6.45. The van der Waals surface area contributed by atoms with Crippen LogP contribution >= 0.6 is 11.5 Å². The summed E-state index contributed by atoms with van der Waals surface area (Å²) in [6, 6.07) is 0. The van der Waals surface area contributed by atoms with E-state index in [2.05, 4.69) is 14.7 Å². The van der Waals surface area contributed by atoms with Gasteiger partial charge in [0.1, 0.15) is 6.33 Å². The van der Waals surface area contributed by atoms with E-state index in [4.69, 9.17) is 4.74 Å². The second-order valence-electron chi connectivity index (χ2n) is 3.21. The molecule has 1 aliphatic heterocycles. The molecule has 2 rings (SSSR count). The monoisotopic (exact) mass is 199 g/mol. The third-order valence-electron chi connectivity index (χ3n) is 2.24. The lowest BCUT2D eigenvalue weighted by Gasteiger charge is -2.21. The number of rotatable bonds is 3. The minimum absolute atomic E-state index is 0.685. The third-order valence-corrected chi connectivity index (χ3v) is 2.82. The molecule has 0 aromatic carbocycles. The molecule has 0 saturated carbocycles. The Morgan fingerprint density at radius 3 is 3.08 bits per heavy atom. The normalized spacial score (nSPS) is 18.8. The minimum Gasteiger partial charge on any atom is -0.469 e. The molecule has 1 saturated heterocycles.